The van der Waals surface area contributed by atoms with Crippen molar-refractivity contribution in [2.75, 3.05) is 12.3 Å². The zero-order valence-electron chi connectivity index (χ0n) is 7.80. The highest BCUT2D eigenvalue weighted by Gasteiger charge is 2.29. The van der Waals surface area contributed by atoms with Gasteiger partial charge in [0, 0.05) is 11.3 Å². The van der Waals surface area contributed by atoms with Gasteiger partial charge >= 0.3 is 0 Å². The van der Waals surface area contributed by atoms with Gasteiger partial charge in [-0.1, -0.05) is 0 Å². The molecule has 1 unspecified atom stereocenters. The highest BCUT2D eigenvalue weighted by atomic mass is 32.2. The molecule has 1 heterocycles. The molecule has 3 nitrogen and oxygen atoms in total. The van der Waals surface area contributed by atoms with Gasteiger partial charge in [-0.3, -0.25) is 4.79 Å². The van der Waals surface area contributed by atoms with Gasteiger partial charge in [-0.05, 0) is 25.5 Å². The van der Waals surface area contributed by atoms with Crippen LogP contribution in [0, 0.1) is 11.3 Å². The van der Waals surface area contributed by atoms with Gasteiger partial charge in [-0.25, -0.2) is 0 Å². The van der Waals surface area contributed by atoms with E-state index < -0.39 is 0 Å². The van der Waals surface area contributed by atoms with Crippen LogP contribution in [-0.2, 0) is 4.79 Å². The fraction of sp³-hybridized carbons (Fsp3) is 0.778. The Labute approximate surface area is 82.9 Å². The minimum absolute atomic E-state index is 0.0270. The maximum atomic E-state index is 11.0. The SMILES string of the molecule is CC1(CNC(=O)CC#N)CCCS1. The van der Waals surface area contributed by atoms with Crippen LogP contribution in [0.3, 0.4) is 0 Å². The van der Waals surface area contributed by atoms with E-state index in [0.29, 0.717) is 6.54 Å². The van der Waals surface area contributed by atoms with Crippen LogP contribution < -0.4 is 5.32 Å². The molecule has 0 aromatic heterocycles. The van der Waals surface area contributed by atoms with Crippen molar-refractivity contribution >= 4 is 17.7 Å². The normalized spacial score (nSPS) is 26.8. The van der Waals surface area contributed by atoms with E-state index >= 15 is 0 Å². The van der Waals surface area contributed by atoms with Crippen molar-refractivity contribution in [3.63, 3.8) is 0 Å². The molecule has 1 fully saturated rings. The molecule has 0 aromatic carbocycles. The highest BCUT2D eigenvalue weighted by molar-refractivity contribution is 8.00. The fourth-order valence-corrected chi connectivity index (χ4v) is 2.64. The van der Waals surface area contributed by atoms with Crippen molar-refractivity contribution < 1.29 is 4.79 Å². The molecular formula is C9H14N2OS. The topological polar surface area (TPSA) is 52.9 Å². The number of thioether (sulfide) groups is 1. The minimum Gasteiger partial charge on any atom is -0.354 e. The molecule has 0 radical (unpaired) electrons. The van der Waals surface area contributed by atoms with E-state index in [2.05, 4.69) is 12.2 Å². The molecular weight excluding hydrogens is 184 g/mol. The van der Waals surface area contributed by atoms with Crippen LogP contribution in [0.25, 0.3) is 0 Å². The van der Waals surface area contributed by atoms with Crippen molar-refractivity contribution in [3.8, 4) is 6.07 Å². The zero-order valence-corrected chi connectivity index (χ0v) is 8.62. The van der Waals surface area contributed by atoms with E-state index in [1.807, 2.05) is 17.8 Å². The molecule has 4 heteroatoms. The van der Waals surface area contributed by atoms with Gasteiger partial charge in [0.05, 0.1) is 6.07 Å². The van der Waals surface area contributed by atoms with Gasteiger partial charge in [0.1, 0.15) is 6.42 Å². The first-order valence-corrected chi connectivity index (χ1v) is 5.42. The standard InChI is InChI=1S/C9H14N2OS/c1-9(4-2-6-13-9)7-11-8(12)3-5-10/h2-4,6-7H2,1H3,(H,11,12). The molecule has 1 aliphatic heterocycles. The van der Waals surface area contributed by atoms with Crippen LogP contribution in [0.4, 0.5) is 0 Å². The summed E-state index contributed by atoms with van der Waals surface area (Å²) in [6, 6.07) is 1.84. The minimum atomic E-state index is -0.156. The van der Waals surface area contributed by atoms with Crippen molar-refractivity contribution in [1.29, 1.82) is 5.26 Å². The molecule has 1 rings (SSSR count). The Balaban J connectivity index is 2.25. The average Bonchev–Trinajstić information content (AvgIpc) is 2.51. The Kier molecular flexibility index (Phi) is 3.61. The number of nitriles is 1. The van der Waals surface area contributed by atoms with E-state index in [0.717, 1.165) is 6.42 Å². The van der Waals surface area contributed by atoms with Gasteiger partial charge in [-0.2, -0.15) is 17.0 Å². The lowest BCUT2D eigenvalue weighted by atomic mass is 10.1. The Morgan fingerprint density at radius 3 is 3.08 bits per heavy atom. The number of hydrogen-bond acceptors (Lipinski definition) is 3. The molecule has 1 amide bonds. The Morgan fingerprint density at radius 2 is 2.54 bits per heavy atom. The van der Waals surface area contributed by atoms with Crippen LogP contribution in [0.5, 0.6) is 0 Å². The number of rotatable bonds is 3. The van der Waals surface area contributed by atoms with E-state index in [1.54, 1.807) is 0 Å². The maximum absolute atomic E-state index is 11.0. The number of hydrogen-bond donors (Lipinski definition) is 1. The van der Waals surface area contributed by atoms with E-state index in [1.165, 1.54) is 12.2 Å². The largest absolute Gasteiger partial charge is 0.354 e. The molecule has 13 heavy (non-hydrogen) atoms. The van der Waals surface area contributed by atoms with Crippen molar-refractivity contribution in [1.82, 2.24) is 5.32 Å². The lowest BCUT2D eigenvalue weighted by molar-refractivity contribution is -0.120. The molecule has 0 aromatic rings. The second kappa shape index (κ2) is 4.52. The predicted octanol–water partition coefficient (Wildman–Crippen LogP) is 1.30. The van der Waals surface area contributed by atoms with Crippen LogP contribution in [-0.4, -0.2) is 23.0 Å². The van der Waals surface area contributed by atoms with Crippen molar-refractivity contribution in [2.45, 2.75) is 30.9 Å². The van der Waals surface area contributed by atoms with Crippen LogP contribution >= 0.6 is 11.8 Å². The smallest absolute Gasteiger partial charge is 0.234 e. The van der Waals surface area contributed by atoms with Crippen LogP contribution in [0.1, 0.15) is 26.2 Å². The maximum Gasteiger partial charge on any atom is 0.234 e. The summed E-state index contributed by atoms with van der Waals surface area (Å²) in [6.07, 6.45) is 2.36. The molecule has 1 aliphatic rings. The van der Waals surface area contributed by atoms with Crippen molar-refractivity contribution in [2.24, 2.45) is 0 Å². The summed E-state index contributed by atoms with van der Waals surface area (Å²) < 4.78 is 0.200. The quantitative estimate of drug-likeness (QED) is 0.743. The summed E-state index contributed by atoms with van der Waals surface area (Å²) >= 11 is 1.91. The summed E-state index contributed by atoms with van der Waals surface area (Å²) in [7, 11) is 0. The number of carbonyl (C=O) groups excluding carboxylic acids is 1. The molecule has 1 saturated heterocycles. The van der Waals surface area contributed by atoms with E-state index in [4.69, 9.17) is 5.26 Å². The van der Waals surface area contributed by atoms with E-state index in [-0.39, 0.29) is 17.1 Å². The third-order valence-electron chi connectivity index (χ3n) is 2.20. The van der Waals surface area contributed by atoms with Crippen LogP contribution in [0.15, 0.2) is 0 Å². The number of carbonyl (C=O) groups is 1. The third kappa shape index (κ3) is 3.27. The predicted molar refractivity (Wildman–Crippen MR) is 53.3 cm³/mol. The summed E-state index contributed by atoms with van der Waals surface area (Å²) in [5, 5.41) is 11.1. The first kappa shape index (κ1) is 10.4. The lowest BCUT2D eigenvalue weighted by Gasteiger charge is -2.22. The Hall–Kier alpha value is -0.690. The first-order valence-electron chi connectivity index (χ1n) is 4.44. The highest BCUT2D eigenvalue weighted by Crippen LogP contribution is 2.36. The summed E-state index contributed by atoms with van der Waals surface area (Å²) in [5.74, 6) is 1.03. The Bertz CT molecular complexity index is 228. The molecule has 0 saturated carbocycles. The second-order valence-electron chi connectivity index (χ2n) is 3.51. The van der Waals surface area contributed by atoms with Gasteiger partial charge in [0.25, 0.3) is 0 Å². The molecule has 0 spiro atoms. The summed E-state index contributed by atoms with van der Waals surface area (Å²) in [4.78, 5) is 11.0. The number of nitrogens with zero attached hydrogens (tertiary/aromatic N) is 1. The third-order valence-corrected chi connectivity index (χ3v) is 3.74. The molecule has 1 N–H and O–H groups in total. The molecule has 72 valence electrons. The van der Waals surface area contributed by atoms with Gasteiger partial charge < -0.3 is 5.32 Å². The molecule has 0 bridgehead atoms. The summed E-state index contributed by atoms with van der Waals surface area (Å²) in [6.45, 7) is 2.86. The second-order valence-corrected chi connectivity index (χ2v) is 5.20. The molecule has 0 aliphatic carbocycles. The monoisotopic (exact) mass is 198 g/mol. The fourth-order valence-electron chi connectivity index (χ4n) is 1.40. The summed E-state index contributed by atoms with van der Waals surface area (Å²) in [5.41, 5.74) is 0. The molecule has 1 atom stereocenters. The number of nitrogens with one attached hydrogen (secondary N) is 1. The zero-order chi connectivity index (χ0) is 9.73. The van der Waals surface area contributed by atoms with Crippen LogP contribution in [0.2, 0.25) is 0 Å². The Morgan fingerprint density at radius 1 is 1.77 bits per heavy atom. The van der Waals surface area contributed by atoms with Gasteiger partial charge in [0.2, 0.25) is 5.91 Å². The van der Waals surface area contributed by atoms with E-state index in [9.17, 15) is 4.79 Å². The lowest BCUT2D eigenvalue weighted by Crippen LogP contribution is -2.36. The first-order chi connectivity index (χ1) is 6.16. The van der Waals surface area contributed by atoms with Gasteiger partial charge in [-0.15, -0.1) is 0 Å². The number of amides is 1. The van der Waals surface area contributed by atoms with Gasteiger partial charge in [0.15, 0.2) is 0 Å². The van der Waals surface area contributed by atoms with Crippen molar-refractivity contribution in [3.05, 3.63) is 0 Å². The average molecular weight is 198 g/mol.